The molecule has 1 aliphatic rings. The molecule has 5 rings (SSSR count). The average Bonchev–Trinajstić information content (AvgIpc) is 3.15. The van der Waals surface area contributed by atoms with Gasteiger partial charge in [-0.15, -0.1) is 12.4 Å². The summed E-state index contributed by atoms with van der Waals surface area (Å²) in [7, 11) is 0. The Morgan fingerprint density at radius 1 is 1.13 bits per heavy atom. The highest BCUT2D eigenvalue weighted by Gasteiger charge is 2.23. The maximum atomic E-state index is 13.4. The van der Waals surface area contributed by atoms with E-state index < -0.39 is 0 Å². The Morgan fingerprint density at radius 3 is 2.74 bits per heavy atom. The predicted octanol–water partition coefficient (Wildman–Crippen LogP) is 5.04. The lowest BCUT2D eigenvalue weighted by Crippen LogP contribution is -2.35. The molecule has 0 radical (unpaired) electrons. The molecule has 162 valence electrons. The zero-order valence-electron chi connectivity index (χ0n) is 16.8. The van der Waals surface area contributed by atoms with E-state index in [-0.39, 0.29) is 29.7 Å². The summed E-state index contributed by atoms with van der Waals surface area (Å²) in [6.45, 7) is 2.88. The van der Waals surface area contributed by atoms with Crippen LogP contribution in [-0.4, -0.2) is 39.5 Å². The third kappa shape index (κ3) is 4.47. The first kappa shape index (κ1) is 21.8. The highest BCUT2D eigenvalue weighted by molar-refractivity contribution is 6.31. The molecule has 3 heterocycles. The summed E-state index contributed by atoms with van der Waals surface area (Å²) in [6, 6.07) is 10.1. The Kier molecular flexibility index (Phi) is 6.32. The summed E-state index contributed by atoms with van der Waals surface area (Å²) in [5.74, 6) is 0.805. The molecule has 31 heavy (non-hydrogen) atoms. The number of H-pyrrole nitrogens is 2. The monoisotopic (exact) mass is 460 g/mol. The zero-order chi connectivity index (χ0) is 20.7. The quantitative estimate of drug-likeness (QED) is 0.448. The molecular formula is C23H23Cl2FN4O. The van der Waals surface area contributed by atoms with Gasteiger partial charge in [0.25, 0.3) is 5.56 Å². The van der Waals surface area contributed by atoms with Gasteiger partial charge in [-0.1, -0.05) is 11.6 Å². The molecule has 0 saturated carbocycles. The number of halogens is 3. The Morgan fingerprint density at radius 2 is 1.94 bits per heavy atom. The molecule has 8 heteroatoms. The smallest absolute Gasteiger partial charge is 0.258 e. The van der Waals surface area contributed by atoms with Crippen LogP contribution >= 0.6 is 24.0 Å². The van der Waals surface area contributed by atoms with E-state index in [2.05, 4.69) is 19.9 Å². The number of rotatable bonds is 4. The van der Waals surface area contributed by atoms with Gasteiger partial charge in [-0.05, 0) is 74.3 Å². The number of hydrogen-bond acceptors (Lipinski definition) is 3. The van der Waals surface area contributed by atoms with Gasteiger partial charge < -0.3 is 14.9 Å². The number of aromatic nitrogens is 3. The van der Waals surface area contributed by atoms with Crippen molar-refractivity contribution in [3.63, 3.8) is 0 Å². The van der Waals surface area contributed by atoms with Gasteiger partial charge in [-0.3, -0.25) is 4.79 Å². The van der Waals surface area contributed by atoms with E-state index in [1.165, 1.54) is 17.7 Å². The second-order valence-electron chi connectivity index (χ2n) is 7.98. The van der Waals surface area contributed by atoms with Crippen LogP contribution < -0.4 is 5.56 Å². The van der Waals surface area contributed by atoms with Gasteiger partial charge >= 0.3 is 0 Å². The number of fused-ring (bicyclic) bond motifs is 2. The molecule has 1 aliphatic heterocycles. The highest BCUT2D eigenvalue weighted by Crippen LogP contribution is 2.27. The van der Waals surface area contributed by atoms with Crippen molar-refractivity contribution in [1.82, 2.24) is 19.9 Å². The number of benzene rings is 2. The van der Waals surface area contributed by atoms with E-state index in [9.17, 15) is 9.18 Å². The summed E-state index contributed by atoms with van der Waals surface area (Å²) < 4.78 is 13.4. The molecule has 0 unspecified atom stereocenters. The van der Waals surface area contributed by atoms with Gasteiger partial charge in [0.15, 0.2) is 0 Å². The van der Waals surface area contributed by atoms with E-state index >= 15 is 0 Å². The van der Waals surface area contributed by atoms with Crippen molar-refractivity contribution in [3.05, 3.63) is 75.2 Å². The lowest BCUT2D eigenvalue weighted by Gasteiger charge is -2.31. The molecule has 0 atom stereocenters. The lowest BCUT2D eigenvalue weighted by atomic mass is 9.95. The molecular weight excluding hydrogens is 438 g/mol. The van der Waals surface area contributed by atoms with E-state index in [0.29, 0.717) is 15.9 Å². The summed E-state index contributed by atoms with van der Waals surface area (Å²) in [5, 5.41) is 2.16. The number of nitrogens with zero attached hydrogens (tertiary/aromatic N) is 2. The van der Waals surface area contributed by atoms with Gasteiger partial charge in [0.2, 0.25) is 0 Å². The maximum absolute atomic E-state index is 13.4. The predicted molar refractivity (Wildman–Crippen MR) is 125 cm³/mol. The van der Waals surface area contributed by atoms with Crippen molar-refractivity contribution in [2.24, 2.45) is 0 Å². The third-order valence-electron chi connectivity index (χ3n) is 6.09. The van der Waals surface area contributed by atoms with Crippen LogP contribution in [0.15, 0.2) is 47.4 Å². The fourth-order valence-corrected chi connectivity index (χ4v) is 4.57. The van der Waals surface area contributed by atoms with Crippen LogP contribution in [0.3, 0.4) is 0 Å². The summed E-state index contributed by atoms with van der Waals surface area (Å²) in [5.41, 5.74) is 2.62. The Balaban J connectivity index is 0.00000231. The zero-order valence-corrected chi connectivity index (χ0v) is 18.4. The average molecular weight is 461 g/mol. The van der Waals surface area contributed by atoms with Gasteiger partial charge in [0.1, 0.15) is 11.6 Å². The second-order valence-corrected chi connectivity index (χ2v) is 8.42. The first-order valence-corrected chi connectivity index (χ1v) is 10.6. The summed E-state index contributed by atoms with van der Waals surface area (Å²) >= 11 is 6.00. The van der Waals surface area contributed by atoms with Crippen molar-refractivity contribution in [2.45, 2.75) is 25.2 Å². The number of nitrogens with one attached hydrogen (secondary N) is 2. The molecule has 1 saturated heterocycles. The fourth-order valence-electron chi connectivity index (χ4n) is 4.40. The topological polar surface area (TPSA) is 64.8 Å². The van der Waals surface area contributed by atoms with Crippen molar-refractivity contribution < 1.29 is 4.39 Å². The van der Waals surface area contributed by atoms with E-state index in [0.717, 1.165) is 55.6 Å². The standard InChI is InChI=1S/C23H22ClFN4O.ClH/c24-16-1-4-20-19(11-16)23(30)28-22(27-20)14-5-8-29(9-6-14)10-7-15-13-26-21-12-17(25)2-3-18(15)21;/h1-4,11-14,26H,5-10H2,(H,27,28,30);1H. The normalized spacial score (nSPS) is 15.4. The minimum atomic E-state index is -0.221. The number of likely N-dealkylation sites (tertiary alicyclic amines) is 1. The van der Waals surface area contributed by atoms with Crippen LogP contribution in [0.4, 0.5) is 4.39 Å². The summed E-state index contributed by atoms with van der Waals surface area (Å²) in [4.78, 5) is 25.7. The van der Waals surface area contributed by atoms with Crippen LogP contribution in [-0.2, 0) is 6.42 Å². The largest absolute Gasteiger partial charge is 0.361 e. The molecule has 0 spiro atoms. The van der Waals surface area contributed by atoms with E-state index in [4.69, 9.17) is 11.6 Å². The molecule has 2 aromatic heterocycles. The molecule has 0 bridgehead atoms. The van der Waals surface area contributed by atoms with E-state index in [1.807, 2.05) is 12.3 Å². The van der Waals surface area contributed by atoms with Gasteiger partial charge in [-0.2, -0.15) is 0 Å². The minimum Gasteiger partial charge on any atom is -0.361 e. The van der Waals surface area contributed by atoms with Crippen LogP contribution in [0.1, 0.15) is 30.1 Å². The van der Waals surface area contributed by atoms with Gasteiger partial charge in [0, 0.05) is 34.6 Å². The Bertz CT molecular complexity index is 1280. The first-order valence-electron chi connectivity index (χ1n) is 10.2. The number of aromatic amines is 2. The van der Waals surface area contributed by atoms with Crippen molar-refractivity contribution in [1.29, 1.82) is 0 Å². The number of piperidine rings is 1. The van der Waals surface area contributed by atoms with Crippen LogP contribution in [0, 0.1) is 5.82 Å². The molecule has 2 N–H and O–H groups in total. The minimum absolute atomic E-state index is 0. The Hall–Kier alpha value is -2.41. The van der Waals surface area contributed by atoms with Crippen LogP contribution in [0.2, 0.25) is 5.02 Å². The highest BCUT2D eigenvalue weighted by atomic mass is 35.5. The van der Waals surface area contributed by atoms with Crippen molar-refractivity contribution in [3.8, 4) is 0 Å². The fraction of sp³-hybridized carbons (Fsp3) is 0.304. The molecule has 5 nitrogen and oxygen atoms in total. The molecule has 4 aromatic rings. The van der Waals surface area contributed by atoms with Gasteiger partial charge in [0.05, 0.1) is 10.9 Å². The Labute approximate surface area is 190 Å². The first-order chi connectivity index (χ1) is 14.6. The number of hydrogen-bond donors (Lipinski definition) is 2. The molecule has 0 aliphatic carbocycles. The SMILES string of the molecule is Cl.O=c1[nH]c(C2CCN(CCc3c[nH]c4cc(F)ccc34)CC2)nc2ccc(Cl)cc12. The molecule has 2 aromatic carbocycles. The summed E-state index contributed by atoms with van der Waals surface area (Å²) in [6.07, 6.45) is 4.82. The molecule has 0 amide bonds. The van der Waals surface area contributed by atoms with Crippen LogP contribution in [0.25, 0.3) is 21.8 Å². The van der Waals surface area contributed by atoms with Crippen molar-refractivity contribution >= 4 is 45.8 Å². The maximum Gasteiger partial charge on any atom is 0.258 e. The lowest BCUT2D eigenvalue weighted by molar-refractivity contribution is 0.211. The van der Waals surface area contributed by atoms with E-state index in [1.54, 1.807) is 18.2 Å². The van der Waals surface area contributed by atoms with Crippen molar-refractivity contribution in [2.75, 3.05) is 19.6 Å². The molecule has 1 fully saturated rings. The third-order valence-corrected chi connectivity index (χ3v) is 6.32. The van der Waals surface area contributed by atoms with Crippen LogP contribution in [0.5, 0.6) is 0 Å². The van der Waals surface area contributed by atoms with Gasteiger partial charge in [-0.25, -0.2) is 9.37 Å². The second kappa shape index (κ2) is 8.99.